The first-order valence-electron chi connectivity index (χ1n) is 24.6. The Hall–Kier alpha value is -1.51. The molecule has 0 spiro atoms. The first-order valence-corrected chi connectivity index (χ1v) is 24.6. The van der Waals surface area contributed by atoms with Gasteiger partial charge >= 0.3 is 5.97 Å². The van der Waals surface area contributed by atoms with Gasteiger partial charge in [-0.05, 0) is 91.8 Å². The van der Waals surface area contributed by atoms with Gasteiger partial charge in [0.1, 0.15) is 67.1 Å². The number of esters is 1. The van der Waals surface area contributed by atoms with Crippen LogP contribution in [0.25, 0.3) is 0 Å². The Kier molecular flexibility index (Phi) is 14.6. The maximum Gasteiger partial charge on any atom is 0.315 e. The van der Waals surface area contributed by atoms with Crippen LogP contribution in [0.1, 0.15) is 93.4 Å². The van der Waals surface area contributed by atoms with Crippen LogP contribution < -0.4 is 0 Å². The number of carbonyl (C=O) groups excluding carboxylic acids is 1. The number of rotatable bonds is 9. The molecule has 13 N–H and O–H groups in total. The van der Waals surface area contributed by atoms with E-state index in [1.54, 1.807) is 6.92 Å². The lowest BCUT2D eigenvalue weighted by Gasteiger charge is -2.72. The van der Waals surface area contributed by atoms with Crippen molar-refractivity contribution in [2.75, 3.05) is 19.8 Å². The summed E-state index contributed by atoms with van der Waals surface area (Å²) in [4.78, 5) is 15.0. The molecule has 20 nitrogen and oxygen atoms in total. The van der Waals surface area contributed by atoms with E-state index in [9.17, 15) is 66.4 Å². The monoisotopic (exact) mass is 975 g/mol. The predicted octanol–water partition coefficient (Wildman–Crippen LogP) is -2.06. The van der Waals surface area contributed by atoms with Crippen LogP contribution in [0.15, 0.2) is 11.6 Å². The van der Waals surface area contributed by atoms with Crippen LogP contribution in [0.3, 0.4) is 0 Å². The molecule has 4 saturated carbocycles. The molecule has 0 amide bonds. The molecule has 0 unspecified atom stereocenters. The minimum absolute atomic E-state index is 0.0115. The second-order valence-electron chi connectivity index (χ2n) is 23.1. The van der Waals surface area contributed by atoms with Gasteiger partial charge in [0.15, 0.2) is 12.6 Å². The summed E-state index contributed by atoms with van der Waals surface area (Å²) in [5.74, 6) is -1.31. The van der Waals surface area contributed by atoms with Crippen molar-refractivity contribution < 1.29 is 99.6 Å². The minimum Gasteiger partial charge on any atom is -0.432 e. The molecule has 8 rings (SSSR count). The van der Waals surface area contributed by atoms with Crippen LogP contribution in [0.4, 0.5) is 0 Å². The number of aliphatic hydroxyl groups excluding tert-OH is 13. The van der Waals surface area contributed by atoms with E-state index in [-0.39, 0.29) is 30.1 Å². The van der Waals surface area contributed by atoms with Gasteiger partial charge in [0.05, 0.1) is 49.7 Å². The van der Waals surface area contributed by atoms with Crippen molar-refractivity contribution in [3.8, 4) is 0 Å². The highest BCUT2D eigenvalue weighted by Gasteiger charge is 2.73. The second-order valence-corrected chi connectivity index (χ2v) is 23.1. The second kappa shape index (κ2) is 18.8. The lowest BCUT2D eigenvalue weighted by atomic mass is 9.32. The molecule has 0 radical (unpaired) electrons. The summed E-state index contributed by atoms with van der Waals surface area (Å²) in [5.41, 5.74) is -2.84. The van der Waals surface area contributed by atoms with Gasteiger partial charge in [-0.3, -0.25) is 4.79 Å². The summed E-state index contributed by atoms with van der Waals surface area (Å²) < 4.78 is 34.6. The Morgan fingerprint density at radius 3 is 2.00 bits per heavy atom. The molecule has 5 aliphatic carbocycles. The molecule has 28 atom stereocenters. The smallest absolute Gasteiger partial charge is 0.315 e. The van der Waals surface area contributed by atoms with Crippen molar-refractivity contribution in [1.29, 1.82) is 0 Å². The molecule has 3 aliphatic heterocycles. The van der Waals surface area contributed by atoms with E-state index in [0.29, 0.717) is 38.5 Å². The summed E-state index contributed by atoms with van der Waals surface area (Å²) in [6.07, 6.45) is -22.3. The van der Waals surface area contributed by atoms with E-state index in [2.05, 4.69) is 40.7 Å². The molecule has 8 aliphatic rings. The zero-order valence-electron chi connectivity index (χ0n) is 40.1. The predicted molar refractivity (Wildman–Crippen MR) is 233 cm³/mol. The van der Waals surface area contributed by atoms with Crippen LogP contribution >= 0.6 is 0 Å². The van der Waals surface area contributed by atoms with Crippen LogP contribution in [0, 0.1) is 56.7 Å². The van der Waals surface area contributed by atoms with Gasteiger partial charge in [0, 0.05) is 11.3 Å². The molecular weight excluding hydrogens is 897 g/mol. The standard InChI is InChI=1S/C48H78O20/c1-19-10-11-48(13-12-46(6)22(28(48)20(19)2)8-9-27-44(4)14-24(52)39(61)45(5,18-50)38(44)23(51)15-47(27,46)7)43(62)68-42-35(59)32(56)30(54)26(66-42)17-63-40-36(60)33(57)37(25(16-49)65-40)67-41-34(58)31(55)29(53)21(3)64-41/h8,19-21,23-42,49-61H,9-18H2,1-7H3/t19-,20+,21-,23-,24+,25-,26-,27+,28-,29-,30-,31+,32+,33-,34-,35-,36-,37-,38+,39-,40-,41+,42+,44+,45-,46+,47+,48+/m0/s1. The molecule has 390 valence electrons. The van der Waals surface area contributed by atoms with E-state index in [0.717, 1.165) is 5.57 Å². The van der Waals surface area contributed by atoms with Gasteiger partial charge in [-0.15, -0.1) is 0 Å². The number of fused-ring (bicyclic) bond motifs is 7. The van der Waals surface area contributed by atoms with Crippen LogP contribution in [-0.4, -0.2) is 203 Å². The van der Waals surface area contributed by atoms with Crippen LogP contribution in [0.5, 0.6) is 0 Å². The first-order chi connectivity index (χ1) is 31.8. The summed E-state index contributed by atoms with van der Waals surface area (Å²) in [6.45, 7) is 12.1. The Labute approximate surface area is 396 Å². The molecule has 3 heterocycles. The van der Waals surface area contributed by atoms with E-state index in [1.807, 2.05) is 0 Å². The Morgan fingerprint density at radius 1 is 0.706 bits per heavy atom. The first kappa shape index (κ1) is 52.8. The van der Waals surface area contributed by atoms with Crippen LogP contribution in [-0.2, 0) is 33.2 Å². The molecule has 0 aromatic carbocycles. The lowest BCUT2D eigenvalue weighted by Crippen LogP contribution is -2.71. The zero-order chi connectivity index (χ0) is 50.0. The fourth-order valence-electron chi connectivity index (χ4n) is 15.4. The van der Waals surface area contributed by atoms with Gasteiger partial charge in [0.2, 0.25) is 6.29 Å². The number of allylic oxidation sites excluding steroid dienone is 2. The average molecular weight is 975 g/mol. The normalized spacial score (nSPS) is 57.1. The number of aliphatic hydroxyl groups is 13. The third-order valence-corrected chi connectivity index (χ3v) is 19.6. The third kappa shape index (κ3) is 7.89. The number of hydrogen-bond acceptors (Lipinski definition) is 20. The highest BCUT2D eigenvalue weighted by molar-refractivity contribution is 5.79. The fourth-order valence-corrected chi connectivity index (χ4v) is 15.4. The van der Waals surface area contributed by atoms with E-state index < -0.39 is 169 Å². The van der Waals surface area contributed by atoms with Gasteiger partial charge in [-0.25, -0.2) is 0 Å². The Balaban J connectivity index is 0.994. The minimum atomic E-state index is -1.89. The third-order valence-electron chi connectivity index (χ3n) is 19.6. The Bertz CT molecular complexity index is 1860. The highest BCUT2D eigenvalue weighted by atomic mass is 16.8. The van der Waals surface area contributed by atoms with Crippen molar-refractivity contribution in [2.45, 2.75) is 204 Å². The maximum atomic E-state index is 15.0. The van der Waals surface area contributed by atoms with E-state index in [4.69, 9.17) is 28.4 Å². The van der Waals surface area contributed by atoms with Crippen molar-refractivity contribution in [2.24, 2.45) is 56.7 Å². The SMILES string of the molecule is C[C@H]1[C@H]2C3=CC[C@@H]4[C@@]5(C)C[C@@H](O)[C@H](O)[C@@](C)(CO)[C@@H]5[C@@H](O)C[C@@]4(C)[C@]3(C)CC[C@]2(C(=O)O[C@H]2O[C@@H](CO[C@H]3O[C@@H](CO)[C@H](O[C@H]4O[C@@H](C)[C@H](O)[C@@H](O)[C@@H]4O)[C@@H](O)[C@@H]3O)[C@H](O)[C@@H](O)[C@@H]2O)CC[C@@H]1C. The summed E-state index contributed by atoms with van der Waals surface area (Å²) in [5, 5.41) is 142. The van der Waals surface area contributed by atoms with Crippen molar-refractivity contribution in [3.63, 3.8) is 0 Å². The fraction of sp³-hybridized carbons (Fsp3) is 0.938. The van der Waals surface area contributed by atoms with Gasteiger partial charge in [-0.2, -0.15) is 0 Å². The number of carbonyl (C=O) groups is 1. The summed E-state index contributed by atoms with van der Waals surface area (Å²) >= 11 is 0. The molecule has 20 heteroatoms. The molecule has 68 heavy (non-hydrogen) atoms. The molecule has 0 bridgehead atoms. The van der Waals surface area contributed by atoms with E-state index in [1.165, 1.54) is 6.92 Å². The molecule has 0 aromatic heterocycles. The summed E-state index contributed by atoms with van der Waals surface area (Å²) in [7, 11) is 0. The van der Waals surface area contributed by atoms with Gasteiger partial charge in [-0.1, -0.05) is 53.2 Å². The maximum absolute atomic E-state index is 15.0. The molecular formula is C48H78O20. The van der Waals surface area contributed by atoms with Gasteiger partial charge < -0.3 is 94.8 Å². The molecule has 3 saturated heterocycles. The lowest BCUT2D eigenvalue weighted by molar-refractivity contribution is -0.361. The number of hydrogen-bond donors (Lipinski definition) is 13. The molecule has 0 aromatic rings. The van der Waals surface area contributed by atoms with Crippen molar-refractivity contribution in [3.05, 3.63) is 11.6 Å². The Morgan fingerprint density at radius 2 is 1.34 bits per heavy atom. The molecule has 7 fully saturated rings. The van der Waals surface area contributed by atoms with E-state index >= 15 is 4.79 Å². The van der Waals surface area contributed by atoms with Gasteiger partial charge in [0.25, 0.3) is 0 Å². The van der Waals surface area contributed by atoms with Crippen LogP contribution in [0.2, 0.25) is 0 Å². The van der Waals surface area contributed by atoms with Crippen molar-refractivity contribution in [1.82, 2.24) is 0 Å². The highest BCUT2D eigenvalue weighted by Crippen LogP contribution is 2.76. The largest absolute Gasteiger partial charge is 0.432 e. The summed E-state index contributed by atoms with van der Waals surface area (Å²) in [6, 6.07) is 0. The zero-order valence-corrected chi connectivity index (χ0v) is 40.1. The average Bonchev–Trinajstić information content (AvgIpc) is 3.29. The van der Waals surface area contributed by atoms with Crippen molar-refractivity contribution >= 4 is 5.97 Å². The number of ether oxygens (including phenoxy) is 6. The topological polar surface area (TPSA) is 335 Å². The quantitative estimate of drug-likeness (QED) is 0.0873.